The van der Waals surface area contributed by atoms with E-state index in [4.69, 9.17) is 0 Å². The van der Waals surface area contributed by atoms with Crippen LogP contribution in [0.3, 0.4) is 0 Å². The third-order valence-corrected chi connectivity index (χ3v) is 3.58. The zero-order valence-corrected chi connectivity index (χ0v) is 13.2. The first-order valence-corrected chi connectivity index (χ1v) is 7.17. The number of aryl methyl sites for hydroxylation is 1. The van der Waals surface area contributed by atoms with Crippen LogP contribution in [0.5, 0.6) is 0 Å². The Morgan fingerprint density at radius 1 is 1.15 bits per heavy atom. The highest BCUT2D eigenvalue weighted by Crippen LogP contribution is 2.22. The highest BCUT2D eigenvalue weighted by atomic mass is 15.3. The van der Waals surface area contributed by atoms with E-state index < -0.39 is 0 Å². The van der Waals surface area contributed by atoms with Crippen molar-refractivity contribution >= 4 is 0 Å². The van der Waals surface area contributed by atoms with Crippen LogP contribution in [-0.4, -0.2) is 16.8 Å². The molecule has 0 fully saturated rings. The van der Waals surface area contributed by atoms with Gasteiger partial charge >= 0.3 is 0 Å². The Kier molecular flexibility index (Phi) is 4.29. The van der Waals surface area contributed by atoms with Gasteiger partial charge in [0.15, 0.2) is 0 Å². The Morgan fingerprint density at radius 2 is 1.80 bits per heavy atom. The second-order valence-corrected chi connectivity index (χ2v) is 6.41. The molecule has 1 aromatic heterocycles. The maximum absolute atomic E-state index is 4.57. The molecule has 0 aliphatic rings. The molecule has 20 heavy (non-hydrogen) atoms. The van der Waals surface area contributed by atoms with Gasteiger partial charge in [0.25, 0.3) is 0 Å². The van der Waals surface area contributed by atoms with Crippen LogP contribution in [-0.2, 0) is 18.5 Å². The molecule has 2 rings (SSSR count). The number of benzene rings is 1. The Hall–Kier alpha value is -1.61. The Balaban J connectivity index is 2.12. The lowest BCUT2D eigenvalue weighted by Gasteiger charge is -2.19. The second kappa shape index (κ2) is 5.80. The number of hydrogen-bond acceptors (Lipinski definition) is 2. The largest absolute Gasteiger partial charge is 0.316 e. The van der Waals surface area contributed by atoms with Crippen LogP contribution in [0.2, 0.25) is 0 Å². The Bertz CT molecular complexity index is 559. The summed E-state index contributed by atoms with van der Waals surface area (Å²) in [7, 11) is 1.96. The van der Waals surface area contributed by atoms with Crippen molar-refractivity contribution in [1.29, 1.82) is 0 Å². The zero-order valence-electron chi connectivity index (χ0n) is 13.2. The van der Waals surface area contributed by atoms with Crippen molar-refractivity contribution in [3.05, 3.63) is 52.8 Å². The fourth-order valence-corrected chi connectivity index (χ4v) is 2.30. The van der Waals surface area contributed by atoms with E-state index in [-0.39, 0.29) is 5.41 Å². The van der Waals surface area contributed by atoms with Gasteiger partial charge in [-0.05, 0) is 30.5 Å². The molecule has 0 amide bonds. The summed E-state index contributed by atoms with van der Waals surface area (Å²) >= 11 is 0. The van der Waals surface area contributed by atoms with Crippen molar-refractivity contribution in [2.75, 3.05) is 7.05 Å². The standard InChI is InChI=1S/C17H25N3/c1-13-15(10-18-5)12-20(19-13)11-14-6-8-16(9-7-14)17(2,3)4/h6-9,12,18H,10-11H2,1-5H3. The van der Waals surface area contributed by atoms with Crippen molar-refractivity contribution in [1.82, 2.24) is 15.1 Å². The van der Waals surface area contributed by atoms with Crippen molar-refractivity contribution in [3.63, 3.8) is 0 Å². The van der Waals surface area contributed by atoms with Gasteiger partial charge in [-0.3, -0.25) is 4.68 Å². The fourth-order valence-electron chi connectivity index (χ4n) is 2.30. The van der Waals surface area contributed by atoms with Crippen LogP contribution in [0, 0.1) is 6.92 Å². The van der Waals surface area contributed by atoms with Crippen LogP contribution in [0.1, 0.15) is 43.2 Å². The van der Waals surface area contributed by atoms with E-state index in [9.17, 15) is 0 Å². The second-order valence-electron chi connectivity index (χ2n) is 6.41. The van der Waals surface area contributed by atoms with E-state index in [0.717, 1.165) is 18.8 Å². The highest BCUT2D eigenvalue weighted by molar-refractivity contribution is 5.28. The fraction of sp³-hybridized carbons (Fsp3) is 0.471. The Labute approximate surface area is 122 Å². The minimum Gasteiger partial charge on any atom is -0.316 e. The molecular formula is C17H25N3. The normalized spacial score (nSPS) is 11.8. The average Bonchev–Trinajstić information content (AvgIpc) is 2.70. The first kappa shape index (κ1) is 14.8. The molecular weight excluding hydrogens is 246 g/mol. The van der Waals surface area contributed by atoms with Gasteiger partial charge in [-0.15, -0.1) is 0 Å². The smallest absolute Gasteiger partial charge is 0.0659 e. The quantitative estimate of drug-likeness (QED) is 0.925. The van der Waals surface area contributed by atoms with E-state index in [1.165, 1.54) is 16.7 Å². The molecule has 2 aromatic rings. The van der Waals surface area contributed by atoms with E-state index in [2.05, 4.69) is 68.6 Å². The topological polar surface area (TPSA) is 29.9 Å². The molecule has 108 valence electrons. The predicted molar refractivity (Wildman–Crippen MR) is 84.0 cm³/mol. The van der Waals surface area contributed by atoms with E-state index >= 15 is 0 Å². The van der Waals surface area contributed by atoms with Crippen LogP contribution < -0.4 is 5.32 Å². The van der Waals surface area contributed by atoms with E-state index in [0.29, 0.717) is 0 Å². The average molecular weight is 271 g/mol. The van der Waals surface area contributed by atoms with Crippen LogP contribution in [0.15, 0.2) is 30.5 Å². The molecule has 0 aliphatic heterocycles. The minimum atomic E-state index is 0.209. The molecule has 0 spiro atoms. The van der Waals surface area contributed by atoms with Gasteiger partial charge in [-0.2, -0.15) is 5.10 Å². The number of aromatic nitrogens is 2. The molecule has 0 radical (unpaired) electrons. The number of rotatable bonds is 4. The molecule has 0 bridgehead atoms. The summed E-state index contributed by atoms with van der Waals surface area (Å²) in [5, 5.41) is 7.75. The molecule has 0 saturated heterocycles. The molecule has 0 saturated carbocycles. The summed E-state index contributed by atoms with van der Waals surface area (Å²) in [6.45, 7) is 10.5. The van der Waals surface area contributed by atoms with Crippen molar-refractivity contribution in [3.8, 4) is 0 Å². The molecule has 3 nitrogen and oxygen atoms in total. The van der Waals surface area contributed by atoms with Gasteiger partial charge in [-0.1, -0.05) is 45.0 Å². The van der Waals surface area contributed by atoms with Gasteiger partial charge in [-0.25, -0.2) is 0 Å². The van der Waals surface area contributed by atoms with Crippen LogP contribution in [0.25, 0.3) is 0 Å². The maximum atomic E-state index is 4.57. The molecule has 1 heterocycles. The molecule has 1 N–H and O–H groups in total. The molecule has 0 aliphatic carbocycles. The third-order valence-electron chi connectivity index (χ3n) is 3.58. The number of hydrogen-bond donors (Lipinski definition) is 1. The zero-order chi connectivity index (χ0) is 14.8. The first-order valence-electron chi connectivity index (χ1n) is 7.17. The third kappa shape index (κ3) is 3.48. The number of nitrogens with zero attached hydrogens (tertiary/aromatic N) is 2. The SMILES string of the molecule is CNCc1cn(Cc2ccc(C(C)(C)C)cc2)nc1C. The lowest BCUT2D eigenvalue weighted by molar-refractivity contribution is 0.589. The first-order chi connectivity index (χ1) is 9.40. The summed E-state index contributed by atoms with van der Waals surface area (Å²) in [5.41, 5.74) is 5.23. The monoisotopic (exact) mass is 271 g/mol. The molecule has 3 heteroatoms. The van der Waals surface area contributed by atoms with E-state index in [1.54, 1.807) is 0 Å². The van der Waals surface area contributed by atoms with Gasteiger partial charge in [0.2, 0.25) is 0 Å². The minimum absolute atomic E-state index is 0.209. The van der Waals surface area contributed by atoms with Gasteiger partial charge < -0.3 is 5.32 Å². The van der Waals surface area contributed by atoms with Gasteiger partial charge in [0.05, 0.1) is 12.2 Å². The molecule has 1 aromatic carbocycles. The number of nitrogens with one attached hydrogen (secondary N) is 1. The van der Waals surface area contributed by atoms with Crippen molar-refractivity contribution < 1.29 is 0 Å². The maximum Gasteiger partial charge on any atom is 0.0659 e. The summed E-state index contributed by atoms with van der Waals surface area (Å²) < 4.78 is 2.02. The lowest BCUT2D eigenvalue weighted by Crippen LogP contribution is -2.11. The van der Waals surface area contributed by atoms with Gasteiger partial charge in [0, 0.05) is 18.3 Å². The summed E-state index contributed by atoms with van der Waals surface area (Å²) in [6.07, 6.45) is 2.13. The van der Waals surface area contributed by atoms with Crippen LogP contribution >= 0.6 is 0 Å². The van der Waals surface area contributed by atoms with Crippen molar-refractivity contribution in [2.45, 2.75) is 46.2 Å². The summed E-state index contributed by atoms with van der Waals surface area (Å²) in [4.78, 5) is 0. The van der Waals surface area contributed by atoms with Crippen molar-refractivity contribution in [2.24, 2.45) is 0 Å². The highest BCUT2D eigenvalue weighted by Gasteiger charge is 2.13. The summed E-state index contributed by atoms with van der Waals surface area (Å²) in [5.74, 6) is 0. The Morgan fingerprint density at radius 3 is 2.35 bits per heavy atom. The lowest BCUT2D eigenvalue weighted by atomic mass is 9.87. The van der Waals surface area contributed by atoms with E-state index in [1.807, 2.05) is 11.7 Å². The predicted octanol–water partition coefficient (Wildman–Crippen LogP) is 3.26. The molecule has 0 unspecified atom stereocenters. The van der Waals surface area contributed by atoms with Crippen LogP contribution in [0.4, 0.5) is 0 Å². The van der Waals surface area contributed by atoms with Gasteiger partial charge in [0.1, 0.15) is 0 Å². The molecule has 0 atom stereocenters. The summed E-state index contributed by atoms with van der Waals surface area (Å²) in [6, 6.07) is 8.85.